The van der Waals surface area contributed by atoms with Crippen molar-refractivity contribution in [3.8, 4) is 16.9 Å². The number of piperidine rings is 1. The van der Waals surface area contributed by atoms with E-state index in [0.717, 1.165) is 25.3 Å². The maximum Gasteiger partial charge on any atom is 0.245 e. The van der Waals surface area contributed by atoms with Gasteiger partial charge in [0.05, 0.1) is 47.0 Å². The zero-order valence-corrected chi connectivity index (χ0v) is 34.0. The van der Waals surface area contributed by atoms with E-state index in [1.54, 1.807) is 41.4 Å². The molecule has 7 aromatic rings. The van der Waals surface area contributed by atoms with Gasteiger partial charge in [0.15, 0.2) is 11.5 Å². The first kappa shape index (κ1) is 38.2. The van der Waals surface area contributed by atoms with Crippen LogP contribution in [0, 0.1) is 24.4 Å². The highest BCUT2D eigenvalue weighted by atomic mass is 19.1. The summed E-state index contributed by atoms with van der Waals surface area (Å²) in [5.41, 5.74) is 2.56. The molecule has 2 aromatic carbocycles. The van der Waals surface area contributed by atoms with E-state index in [0.29, 0.717) is 83.0 Å². The number of imidazole rings is 1. The molecule has 9 heterocycles. The minimum Gasteiger partial charge on any atom is -0.375 e. The number of aryl methyl sites for hydroxylation is 1. The number of aromatic nitrogens is 12. The van der Waals surface area contributed by atoms with Gasteiger partial charge in [0.2, 0.25) is 17.8 Å². The van der Waals surface area contributed by atoms with Crippen molar-refractivity contribution in [1.29, 1.82) is 0 Å². The SMILES string of the molecule is CCO[C@H]1CN(C)C(=O)[C@@H]2C[C@@H](CN2c2nc(N3[C@@H]4CC(n5cnnn5)C[C@H]3C4)nc3c2cnn3-c2ccc(F)cc2F)Nc2nccc(n2)-c2cc(F)cc3nc(C)n(c23)C1. The third kappa shape index (κ3) is 6.35. The number of amides is 1. The molecule has 1 N–H and O–H groups in total. The second-order valence-corrected chi connectivity index (χ2v) is 16.5. The molecule has 21 heteroatoms. The van der Waals surface area contributed by atoms with Crippen molar-refractivity contribution in [2.45, 2.75) is 82.4 Å². The number of likely N-dealkylation sites (N-methyl/N-ethyl adjacent to an activating group) is 1. The molecule has 62 heavy (non-hydrogen) atoms. The number of benzene rings is 2. The van der Waals surface area contributed by atoms with E-state index in [9.17, 15) is 9.18 Å². The van der Waals surface area contributed by atoms with Crippen molar-refractivity contribution in [3.63, 3.8) is 0 Å². The van der Waals surface area contributed by atoms with E-state index in [-0.39, 0.29) is 42.3 Å². The molecule has 5 aliphatic rings. The lowest BCUT2D eigenvalue weighted by atomic mass is 9.77. The minimum atomic E-state index is -0.807. The number of ether oxygens (including phenoxy) is 1. The van der Waals surface area contributed by atoms with Gasteiger partial charge in [0.25, 0.3) is 0 Å². The maximum absolute atomic E-state index is 15.5. The molecule has 1 saturated carbocycles. The third-order valence-corrected chi connectivity index (χ3v) is 12.7. The number of carbonyl (C=O) groups is 1. The third-order valence-electron chi connectivity index (χ3n) is 12.7. The lowest BCUT2D eigenvalue weighted by Gasteiger charge is -2.55. The molecule has 6 atom stereocenters. The molecule has 18 nitrogen and oxygen atoms in total. The summed E-state index contributed by atoms with van der Waals surface area (Å²) in [5.74, 6) is -0.334. The topological polar surface area (TPSA) is 179 Å². The standard InChI is InChI=1S/C41H41F3N16O2/c1-4-62-28-18-55(3)39(61)35-12-24(49-40-45-8-7-32(50-40)29-9-23(43)11-33-36(29)56(19-28)21(2)48-33)17-57(35)37-30-16-47-60(34-6-5-22(42)10-31(34)44)38(30)52-41(51-37)59-26-13-25(14-27(59)15-26)58-20-46-53-54-58/h5-11,16,20,24-28,35H,4,12-15,17-19H2,1-3H3,(H,45,49,50)/t24-,25?,26-,27+,28-,35-/m0/s1. The summed E-state index contributed by atoms with van der Waals surface area (Å²) in [5, 5.41) is 20.3. The number of hydrogen-bond donors (Lipinski definition) is 1. The highest BCUT2D eigenvalue weighted by molar-refractivity contribution is 5.94. The molecule has 1 amide bonds. The fourth-order valence-corrected chi connectivity index (χ4v) is 9.96. The summed E-state index contributed by atoms with van der Waals surface area (Å²) >= 11 is 0. The zero-order valence-electron chi connectivity index (χ0n) is 34.0. The number of nitrogens with zero attached hydrogens (tertiary/aromatic N) is 15. The largest absolute Gasteiger partial charge is 0.375 e. The molecule has 6 bridgehead atoms. The Kier molecular flexibility index (Phi) is 9.05. The van der Waals surface area contributed by atoms with Gasteiger partial charge in [0, 0.05) is 68.8 Å². The predicted molar refractivity (Wildman–Crippen MR) is 219 cm³/mol. The van der Waals surface area contributed by atoms with E-state index in [1.165, 1.54) is 28.9 Å². The van der Waals surface area contributed by atoms with Crippen LogP contribution >= 0.6 is 0 Å². The lowest BCUT2D eigenvalue weighted by molar-refractivity contribution is -0.133. The van der Waals surface area contributed by atoms with Crippen molar-refractivity contribution in [2.24, 2.45) is 0 Å². The Labute approximate surface area is 351 Å². The van der Waals surface area contributed by atoms with E-state index < -0.39 is 29.6 Å². The normalized spacial score (nSPS) is 23.7. The first-order valence-electron chi connectivity index (χ1n) is 20.7. The number of rotatable bonds is 6. The predicted octanol–water partition coefficient (Wildman–Crippen LogP) is 4.25. The fourth-order valence-electron chi connectivity index (χ4n) is 9.96. The summed E-state index contributed by atoms with van der Waals surface area (Å²) in [7, 11) is 1.76. The van der Waals surface area contributed by atoms with E-state index in [2.05, 4.69) is 35.8 Å². The Hall–Kier alpha value is -6.77. The first-order chi connectivity index (χ1) is 30.1. The van der Waals surface area contributed by atoms with Crippen molar-refractivity contribution >= 4 is 45.7 Å². The summed E-state index contributed by atoms with van der Waals surface area (Å²) in [6.45, 7) is 5.03. The molecule has 0 spiro atoms. The molecule has 0 radical (unpaired) electrons. The first-order valence-corrected chi connectivity index (χ1v) is 20.7. The zero-order chi connectivity index (χ0) is 42.4. The van der Waals surface area contributed by atoms with Crippen LogP contribution in [0.25, 0.3) is 39.0 Å². The van der Waals surface area contributed by atoms with Gasteiger partial charge in [-0.2, -0.15) is 15.1 Å². The van der Waals surface area contributed by atoms with Crippen LogP contribution in [0.4, 0.5) is 30.9 Å². The highest BCUT2D eigenvalue weighted by Crippen LogP contribution is 2.46. The number of halogens is 3. The highest BCUT2D eigenvalue weighted by Gasteiger charge is 2.49. The molecule has 4 aliphatic heterocycles. The van der Waals surface area contributed by atoms with Crippen LogP contribution in [0.2, 0.25) is 0 Å². The second kappa shape index (κ2) is 14.7. The maximum atomic E-state index is 15.5. The van der Waals surface area contributed by atoms with Gasteiger partial charge in [-0.1, -0.05) is 0 Å². The molecule has 4 fully saturated rings. The van der Waals surface area contributed by atoms with Gasteiger partial charge in [-0.15, -0.1) is 5.10 Å². The van der Waals surface area contributed by atoms with Crippen LogP contribution in [-0.4, -0.2) is 127 Å². The van der Waals surface area contributed by atoms with Crippen LogP contribution in [0.1, 0.15) is 44.5 Å². The number of nitrogens with one attached hydrogen (secondary N) is 1. The van der Waals surface area contributed by atoms with Crippen LogP contribution in [-0.2, 0) is 16.1 Å². The number of carbonyl (C=O) groups excluding carboxylic acids is 1. The number of tetrazole rings is 1. The Balaban J connectivity index is 1.03. The Morgan fingerprint density at radius 3 is 2.55 bits per heavy atom. The van der Waals surface area contributed by atoms with E-state index in [4.69, 9.17) is 24.7 Å². The lowest BCUT2D eigenvalue weighted by Crippen LogP contribution is -2.62. The Morgan fingerprint density at radius 2 is 1.76 bits per heavy atom. The number of hydrogen-bond acceptors (Lipinski definition) is 14. The fraction of sp³-hybridized carbons (Fsp3) is 0.415. The Bertz CT molecular complexity index is 2860. The molecule has 5 aromatic heterocycles. The summed E-state index contributed by atoms with van der Waals surface area (Å²) in [6, 6.07) is 7.06. The van der Waals surface area contributed by atoms with E-state index in [1.807, 2.05) is 23.3 Å². The summed E-state index contributed by atoms with van der Waals surface area (Å²) < 4.78 is 56.3. The van der Waals surface area contributed by atoms with Crippen LogP contribution in [0.5, 0.6) is 0 Å². The number of fused-ring (bicyclic) bond motifs is 8. The average Bonchev–Trinajstić information content (AvgIpc) is 4.07. The minimum absolute atomic E-state index is 0.0140. The molecular formula is C41H41F3N16O2. The quantitative estimate of drug-likeness (QED) is 0.251. The van der Waals surface area contributed by atoms with Gasteiger partial charge in [-0.05, 0) is 74.2 Å². The van der Waals surface area contributed by atoms with Gasteiger partial charge in [-0.3, -0.25) is 4.79 Å². The van der Waals surface area contributed by atoms with Gasteiger partial charge >= 0.3 is 0 Å². The molecule has 3 saturated heterocycles. The molecule has 1 unspecified atom stereocenters. The number of anilines is 3. The molecule has 12 rings (SSSR count). The van der Waals surface area contributed by atoms with Crippen LogP contribution in [0.15, 0.2) is 55.1 Å². The van der Waals surface area contributed by atoms with Crippen molar-refractivity contribution in [2.75, 3.05) is 41.9 Å². The van der Waals surface area contributed by atoms with Gasteiger partial charge in [-0.25, -0.2) is 37.5 Å². The van der Waals surface area contributed by atoms with E-state index >= 15 is 8.78 Å². The van der Waals surface area contributed by atoms with Gasteiger partial charge < -0.3 is 29.3 Å². The monoisotopic (exact) mass is 846 g/mol. The van der Waals surface area contributed by atoms with Crippen LogP contribution in [0.3, 0.4) is 0 Å². The van der Waals surface area contributed by atoms with Crippen molar-refractivity contribution in [3.05, 3.63) is 78.4 Å². The second-order valence-electron chi connectivity index (χ2n) is 16.5. The Morgan fingerprint density at radius 1 is 0.919 bits per heavy atom. The van der Waals surface area contributed by atoms with Gasteiger partial charge in [0.1, 0.15) is 41.3 Å². The molecular weight excluding hydrogens is 806 g/mol. The summed E-state index contributed by atoms with van der Waals surface area (Å²) in [6.07, 6.45) is 7.13. The average molecular weight is 847 g/mol. The molecule has 318 valence electrons. The van der Waals surface area contributed by atoms with Crippen molar-refractivity contribution in [1.82, 2.24) is 64.4 Å². The summed E-state index contributed by atoms with van der Waals surface area (Å²) in [4.78, 5) is 45.2. The molecule has 1 aliphatic carbocycles. The van der Waals surface area contributed by atoms with Crippen molar-refractivity contribution < 1.29 is 22.7 Å². The van der Waals surface area contributed by atoms with Crippen LogP contribution < -0.4 is 15.1 Å². The smallest absolute Gasteiger partial charge is 0.245 e.